The van der Waals surface area contributed by atoms with Crippen LogP contribution in [0.4, 0.5) is 0 Å². The Hall–Kier alpha value is -3.90. The van der Waals surface area contributed by atoms with E-state index in [0.717, 1.165) is 0 Å². The minimum absolute atomic E-state index is 1.32. The van der Waals surface area contributed by atoms with Crippen molar-refractivity contribution in [3.05, 3.63) is 177 Å². The molecule has 390 valence electrons. The van der Waals surface area contributed by atoms with Crippen molar-refractivity contribution in [2.75, 3.05) is 0 Å². The summed E-state index contributed by atoms with van der Waals surface area (Å²) in [6, 6.07) is 41.0. The number of unbranched alkanes of at least 4 members (excludes halogenated alkanes) is 20. The monoisotopic (exact) mass is 951 g/mol. The second-order valence-electron chi connectivity index (χ2n) is 20.5. The van der Waals surface area contributed by atoms with Crippen LogP contribution in [0, 0.1) is 34.6 Å². The maximum Gasteiger partial charge on any atom is -0.0273 e. The SMILES string of the molecule is CCCCCCCc1c(C)c(CCCCCCC)c(CCCCCCC)c(CCCCCCC)c1CCCCCCC.Cc1ccccc1.Cc1ccccc1.Cc1ccccc1.Cc1ccccc1. The van der Waals surface area contributed by atoms with Crippen LogP contribution in [0.2, 0.25) is 0 Å². The van der Waals surface area contributed by atoms with Crippen LogP contribution in [-0.2, 0) is 32.1 Å². The first-order valence-corrected chi connectivity index (χ1v) is 29.4. The lowest BCUT2D eigenvalue weighted by atomic mass is 9.78. The normalized spacial score (nSPS) is 10.4. The predicted octanol–water partition coefficient (Wildman–Crippen LogP) is 22.5. The van der Waals surface area contributed by atoms with Gasteiger partial charge >= 0.3 is 0 Å². The molecule has 70 heavy (non-hydrogen) atoms. The molecule has 0 N–H and O–H groups in total. The molecule has 0 heterocycles. The van der Waals surface area contributed by atoms with Gasteiger partial charge in [0.2, 0.25) is 0 Å². The van der Waals surface area contributed by atoms with Gasteiger partial charge in [-0.3, -0.25) is 0 Å². The van der Waals surface area contributed by atoms with Crippen molar-refractivity contribution >= 4 is 0 Å². The molecule has 5 aromatic carbocycles. The molecule has 0 aliphatic carbocycles. The molecule has 0 saturated heterocycles. The molecule has 0 bridgehead atoms. The summed E-state index contributed by atoms with van der Waals surface area (Å²) in [6.07, 6.45) is 41.7. The van der Waals surface area contributed by atoms with Gasteiger partial charge in [0.15, 0.2) is 0 Å². The second kappa shape index (κ2) is 46.2. The first kappa shape index (κ1) is 64.1. The minimum Gasteiger partial charge on any atom is -0.0654 e. The van der Waals surface area contributed by atoms with Crippen LogP contribution in [-0.4, -0.2) is 0 Å². The van der Waals surface area contributed by atoms with Gasteiger partial charge in [0.25, 0.3) is 0 Å². The molecular formula is C70H110. The van der Waals surface area contributed by atoms with E-state index in [0.29, 0.717) is 0 Å². The highest BCUT2D eigenvalue weighted by Crippen LogP contribution is 2.35. The van der Waals surface area contributed by atoms with E-state index in [4.69, 9.17) is 0 Å². The van der Waals surface area contributed by atoms with E-state index in [-0.39, 0.29) is 0 Å². The molecule has 5 aromatic rings. The molecule has 0 amide bonds. The molecule has 5 rings (SSSR count). The lowest BCUT2D eigenvalue weighted by Crippen LogP contribution is -2.13. The van der Waals surface area contributed by atoms with E-state index >= 15 is 0 Å². The Morgan fingerprint density at radius 1 is 0.200 bits per heavy atom. The standard InChI is InChI=1S/C42H78.4C7H8/c1-7-12-17-22-27-32-38-37(6)39(33-28-23-18-13-8-2)41(35-30-25-20-15-10-4)42(36-31-26-21-16-11-5)40(38)34-29-24-19-14-9-3;4*1-7-5-3-2-4-6-7/h7-36H2,1-6H3;4*2-6H,1H3. The third-order valence-electron chi connectivity index (χ3n) is 13.8. The fourth-order valence-corrected chi connectivity index (χ4v) is 9.43. The average molecular weight is 952 g/mol. The van der Waals surface area contributed by atoms with E-state index < -0.39 is 0 Å². The van der Waals surface area contributed by atoms with Gasteiger partial charge in [-0.05, 0) is 132 Å². The number of rotatable bonds is 30. The molecule has 0 saturated carbocycles. The predicted molar refractivity (Wildman–Crippen MR) is 318 cm³/mol. The van der Waals surface area contributed by atoms with Crippen LogP contribution in [0.15, 0.2) is 121 Å². The zero-order valence-electron chi connectivity index (χ0n) is 47.8. The Kier molecular flexibility index (Phi) is 42.3. The maximum atomic E-state index is 2.56. The van der Waals surface area contributed by atoms with Crippen molar-refractivity contribution in [2.45, 2.75) is 262 Å². The van der Waals surface area contributed by atoms with Crippen LogP contribution in [0.1, 0.15) is 251 Å². The van der Waals surface area contributed by atoms with Gasteiger partial charge in [0.05, 0.1) is 0 Å². The van der Waals surface area contributed by atoms with Gasteiger partial charge in [-0.25, -0.2) is 0 Å². The number of aryl methyl sites for hydroxylation is 4. The number of hydrogen-bond donors (Lipinski definition) is 0. The molecule has 0 atom stereocenters. The molecule has 0 aromatic heterocycles. The molecule has 0 fully saturated rings. The number of benzene rings is 5. The molecule has 0 nitrogen and oxygen atoms in total. The van der Waals surface area contributed by atoms with Crippen molar-refractivity contribution in [1.82, 2.24) is 0 Å². The summed E-state index contributed by atoms with van der Waals surface area (Å²) in [5.41, 5.74) is 16.3. The van der Waals surface area contributed by atoms with Gasteiger partial charge in [0.1, 0.15) is 0 Å². The third kappa shape index (κ3) is 33.6. The van der Waals surface area contributed by atoms with Crippen molar-refractivity contribution in [2.24, 2.45) is 0 Å². The Labute approximate surface area is 436 Å². The topological polar surface area (TPSA) is 0 Å². The third-order valence-corrected chi connectivity index (χ3v) is 13.8. The fraction of sp³-hybridized carbons (Fsp3) is 0.571. The van der Waals surface area contributed by atoms with Crippen molar-refractivity contribution in [3.8, 4) is 0 Å². The first-order valence-electron chi connectivity index (χ1n) is 29.4. The summed E-state index contributed by atoms with van der Waals surface area (Å²) in [7, 11) is 0. The average Bonchev–Trinajstić information content (AvgIpc) is 3.37. The molecule has 0 aliphatic heterocycles. The number of hydrogen-bond acceptors (Lipinski definition) is 0. The summed E-state index contributed by atoms with van der Waals surface area (Å²) in [5.74, 6) is 0. The summed E-state index contributed by atoms with van der Waals surface area (Å²) < 4.78 is 0. The largest absolute Gasteiger partial charge is 0.0654 e. The van der Waals surface area contributed by atoms with E-state index in [2.05, 4.69) is 118 Å². The highest BCUT2D eigenvalue weighted by molar-refractivity contribution is 5.52. The molecule has 0 heteroatoms. The van der Waals surface area contributed by atoms with Gasteiger partial charge in [-0.2, -0.15) is 0 Å². The van der Waals surface area contributed by atoms with Gasteiger partial charge in [0, 0.05) is 0 Å². The Morgan fingerprint density at radius 2 is 0.371 bits per heavy atom. The maximum absolute atomic E-state index is 2.56. The van der Waals surface area contributed by atoms with Crippen molar-refractivity contribution < 1.29 is 0 Å². The van der Waals surface area contributed by atoms with E-state index in [9.17, 15) is 0 Å². The summed E-state index contributed by atoms with van der Waals surface area (Å²) >= 11 is 0. The molecule has 0 unspecified atom stereocenters. The Bertz CT molecular complexity index is 1630. The first-order chi connectivity index (χ1) is 34.2. The van der Waals surface area contributed by atoms with Gasteiger partial charge < -0.3 is 0 Å². The molecule has 0 radical (unpaired) electrons. The van der Waals surface area contributed by atoms with Gasteiger partial charge in [-0.1, -0.05) is 307 Å². The van der Waals surface area contributed by atoms with Crippen molar-refractivity contribution in [1.29, 1.82) is 0 Å². The zero-order chi connectivity index (χ0) is 51.1. The fourth-order valence-electron chi connectivity index (χ4n) is 9.43. The van der Waals surface area contributed by atoms with Gasteiger partial charge in [-0.15, -0.1) is 0 Å². The highest BCUT2D eigenvalue weighted by Gasteiger charge is 2.21. The van der Waals surface area contributed by atoms with E-state index in [1.807, 2.05) is 101 Å². The quantitative estimate of drug-likeness (QED) is 0.0403. The second-order valence-corrected chi connectivity index (χ2v) is 20.5. The Balaban J connectivity index is 0.000000681. The van der Waals surface area contributed by atoms with E-state index in [1.54, 1.807) is 5.56 Å². The molecular weight excluding hydrogens is 841 g/mol. The zero-order valence-corrected chi connectivity index (χ0v) is 47.8. The van der Waals surface area contributed by atoms with Crippen LogP contribution < -0.4 is 0 Å². The van der Waals surface area contributed by atoms with Crippen LogP contribution in [0.5, 0.6) is 0 Å². The summed E-state index contributed by atoms with van der Waals surface area (Å²) in [4.78, 5) is 0. The van der Waals surface area contributed by atoms with Crippen LogP contribution >= 0.6 is 0 Å². The summed E-state index contributed by atoms with van der Waals surface area (Å²) in [5, 5.41) is 0. The smallest absolute Gasteiger partial charge is 0.0273 e. The summed E-state index contributed by atoms with van der Waals surface area (Å²) in [6.45, 7) is 22.7. The lowest BCUT2D eigenvalue weighted by Gasteiger charge is -2.27. The van der Waals surface area contributed by atoms with Crippen molar-refractivity contribution in [3.63, 3.8) is 0 Å². The minimum atomic E-state index is 1.32. The lowest BCUT2D eigenvalue weighted by molar-refractivity contribution is 0.599. The van der Waals surface area contributed by atoms with Crippen LogP contribution in [0.3, 0.4) is 0 Å². The Morgan fingerprint density at radius 3 is 0.543 bits per heavy atom. The van der Waals surface area contributed by atoms with Crippen LogP contribution in [0.25, 0.3) is 0 Å². The molecule has 0 aliphatic rings. The van der Waals surface area contributed by atoms with E-state index in [1.165, 1.54) is 215 Å². The molecule has 0 spiro atoms. The highest BCUT2D eigenvalue weighted by atomic mass is 14.3.